The van der Waals surface area contributed by atoms with Crippen LogP contribution >= 0.6 is 0 Å². The molecule has 2 amide bonds. The third kappa shape index (κ3) is 6.69. The molecule has 0 bridgehead atoms. The number of carbonyl (C=O) groups is 2. The van der Waals surface area contributed by atoms with Crippen LogP contribution in [0.3, 0.4) is 0 Å². The average molecular weight is 412 g/mol. The second kappa shape index (κ2) is 11.1. The molecule has 1 heterocycles. The number of nitrogens with one attached hydrogen (secondary N) is 1. The van der Waals surface area contributed by atoms with Crippen LogP contribution in [0.2, 0.25) is 0 Å². The molecule has 2 aromatic rings. The van der Waals surface area contributed by atoms with Crippen molar-refractivity contribution in [2.45, 2.75) is 19.8 Å². The second-order valence-electron chi connectivity index (χ2n) is 7.11. The molecule has 0 aromatic heterocycles. The van der Waals surface area contributed by atoms with Crippen LogP contribution in [0, 0.1) is 5.92 Å². The fraction of sp³-hybridized carbons (Fsp3) is 0.391. The van der Waals surface area contributed by atoms with E-state index in [-0.39, 0.29) is 18.6 Å². The summed E-state index contributed by atoms with van der Waals surface area (Å²) in [6.07, 6.45) is 1.32. The molecule has 3 rings (SSSR count). The van der Waals surface area contributed by atoms with Gasteiger partial charge >= 0.3 is 6.09 Å². The van der Waals surface area contributed by atoms with Crippen LogP contribution in [0.5, 0.6) is 17.2 Å². The highest BCUT2D eigenvalue weighted by Crippen LogP contribution is 2.19. The van der Waals surface area contributed by atoms with E-state index in [0.717, 1.165) is 18.6 Å². The molecule has 30 heavy (non-hydrogen) atoms. The van der Waals surface area contributed by atoms with E-state index in [1.54, 1.807) is 29.2 Å². The molecule has 1 saturated heterocycles. The van der Waals surface area contributed by atoms with Gasteiger partial charge in [-0.15, -0.1) is 0 Å². The van der Waals surface area contributed by atoms with Crippen LogP contribution in [0.4, 0.5) is 4.79 Å². The number of likely N-dealkylation sites (tertiary alicyclic amines) is 1. The van der Waals surface area contributed by atoms with Crippen molar-refractivity contribution in [3.8, 4) is 17.2 Å². The SMILES string of the molecule is CCOc1ccc(OCC(=O)NCC2CCN(C(=O)Oc3ccccc3)CC2)cc1. The van der Waals surface area contributed by atoms with E-state index in [0.29, 0.717) is 43.7 Å². The summed E-state index contributed by atoms with van der Waals surface area (Å²) in [7, 11) is 0. The Morgan fingerprint density at radius 3 is 2.20 bits per heavy atom. The lowest BCUT2D eigenvalue weighted by atomic mass is 9.97. The van der Waals surface area contributed by atoms with Gasteiger partial charge in [0.2, 0.25) is 0 Å². The maximum Gasteiger partial charge on any atom is 0.415 e. The smallest absolute Gasteiger partial charge is 0.415 e. The number of para-hydroxylation sites is 1. The van der Waals surface area contributed by atoms with Gasteiger partial charge in [0.1, 0.15) is 17.2 Å². The van der Waals surface area contributed by atoms with E-state index < -0.39 is 0 Å². The minimum atomic E-state index is -0.326. The zero-order chi connectivity index (χ0) is 21.2. The van der Waals surface area contributed by atoms with Gasteiger partial charge in [-0.3, -0.25) is 4.79 Å². The molecule has 0 radical (unpaired) electrons. The van der Waals surface area contributed by atoms with Crippen molar-refractivity contribution in [1.29, 1.82) is 0 Å². The van der Waals surface area contributed by atoms with Crippen LogP contribution < -0.4 is 19.5 Å². The van der Waals surface area contributed by atoms with Crippen molar-refractivity contribution in [2.24, 2.45) is 5.92 Å². The third-order valence-electron chi connectivity index (χ3n) is 4.91. The van der Waals surface area contributed by atoms with E-state index in [4.69, 9.17) is 14.2 Å². The molecule has 0 atom stereocenters. The van der Waals surface area contributed by atoms with Gasteiger partial charge in [0.05, 0.1) is 6.61 Å². The van der Waals surface area contributed by atoms with Gasteiger partial charge in [-0.2, -0.15) is 0 Å². The number of hydrogen-bond acceptors (Lipinski definition) is 5. The van der Waals surface area contributed by atoms with Crippen LogP contribution in [-0.4, -0.2) is 49.7 Å². The minimum absolute atomic E-state index is 0.0315. The summed E-state index contributed by atoms with van der Waals surface area (Å²) in [6, 6.07) is 16.2. The zero-order valence-electron chi connectivity index (χ0n) is 17.2. The first kappa shape index (κ1) is 21.5. The summed E-state index contributed by atoms with van der Waals surface area (Å²) in [4.78, 5) is 26.0. The van der Waals surface area contributed by atoms with E-state index in [9.17, 15) is 9.59 Å². The summed E-state index contributed by atoms with van der Waals surface area (Å²) in [5, 5.41) is 2.91. The Bertz CT molecular complexity index is 802. The lowest BCUT2D eigenvalue weighted by molar-refractivity contribution is -0.123. The molecule has 2 aromatic carbocycles. The Morgan fingerprint density at radius 1 is 0.933 bits per heavy atom. The Morgan fingerprint density at radius 2 is 1.57 bits per heavy atom. The second-order valence-corrected chi connectivity index (χ2v) is 7.11. The summed E-state index contributed by atoms with van der Waals surface area (Å²) in [5.41, 5.74) is 0. The highest BCUT2D eigenvalue weighted by Gasteiger charge is 2.24. The number of nitrogens with zero attached hydrogens (tertiary/aromatic N) is 1. The minimum Gasteiger partial charge on any atom is -0.494 e. The maximum absolute atomic E-state index is 12.2. The van der Waals surface area contributed by atoms with Gasteiger partial charge in [-0.1, -0.05) is 18.2 Å². The number of ether oxygens (including phenoxy) is 3. The highest BCUT2D eigenvalue weighted by atomic mass is 16.6. The largest absolute Gasteiger partial charge is 0.494 e. The van der Waals surface area contributed by atoms with Crippen molar-refractivity contribution < 1.29 is 23.8 Å². The quantitative estimate of drug-likeness (QED) is 0.718. The molecule has 0 aliphatic carbocycles. The summed E-state index contributed by atoms with van der Waals surface area (Å²) in [5.74, 6) is 2.12. The number of hydrogen-bond donors (Lipinski definition) is 1. The Labute approximate surface area is 176 Å². The Balaban J connectivity index is 1.32. The molecule has 0 unspecified atom stereocenters. The highest BCUT2D eigenvalue weighted by molar-refractivity contribution is 5.77. The molecular weight excluding hydrogens is 384 g/mol. The number of amides is 2. The van der Waals surface area contributed by atoms with Crippen LogP contribution in [0.15, 0.2) is 54.6 Å². The first-order chi connectivity index (χ1) is 14.6. The van der Waals surface area contributed by atoms with Gasteiger partial charge in [0.25, 0.3) is 5.91 Å². The van der Waals surface area contributed by atoms with Gasteiger partial charge in [-0.25, -0.2) is 4.79 Å². The molecule has 160 valence electrons. The van der Waals surface area contributed by atoms with Gasteiger partial charge < -0.3 is 24.4 Å². The third-order valence-corrected chi connectivity index (χ3v) is 4.91. The summed E-state index contributed by atoms with van der Waals surface area (Å²) in [6.45, 7) is 4.32. The zero-order valence-corrected chi connectivity index (χ0v) is 17.2. The van der Waals surface area contributed by atoms with E-state index in [1.807, 2.05) is 37.3 Å². The standard InChI is InChI=1S/C23H28N2O5/c1-2-28-19-8-10-20(11-9-19)29-17-22(26)24-16-18-12-14-25(15-13-18)23(27)30-21-6-4-3-5-7-21/h3-11,18H,2,12-17H2,1H3,(H,24,26). The number of rotatable bonds is 8. The number of benzene rings is 2. The summed E-state index contributed by atoms with van der Waals surface area (Å²) >= 11 is 0. The van der Waals surface area contributed by atoms with Gasteiger partial charge in [-0.05, 0) is 62.1 Å². The predicted molar refractivity (Wildman–Crippen MR) is 113 cm³/mol. The fourth-order valence-corrected chi connectivity index (χ4v) is 3.23. The monoisotopic (exact) mass is 412 g/mol. The molecule has 0 spiro atoms. The molecular formula is C23H28N2O5. The Hall–Kier alpha value is -3.22. The van der Waals surface area contributed by atoms with Crippen molar-refractivity contribution in [2.75, 3.05) is 32.8 Å². The summed E-state index contributed by atoms with van der Waals surface area (Å²) < 4.78 is 16.3. The van der Waals surface area contributed by atoms with Crippen molar-refractivity contribution >= 4 is 12.0 Å². The van der Waals surface area contributed by atoms with Crippen molar-refractivity contribution in [1.82, 2.24) is 10.2 Å². The van der Waals surface area contributed by atoms with Crippen LogP contribution in [-0.2, 0) is 4.79 Å². The Kier molecular flexibility index (Phi) is 7.94. The van der Waals surface area contributed by atoms with Gasteiger partial charge in [0, 0.05) is 19.6 Å². The van der Waals surface area contributed by atoms with E-state index >= 15 is 0 Å². The van der Waals surface area contributed by atoms with Crippen LogP contribution in [0.1, 0.15) is 19.8 Å². The lowest BCUT2D eigenvalue weighted by Crippen LogP contribution is -2.43. The molecule has 7 heteroatoms. The molecule has 1 aliphatic rings. The maximum atomic E-state index is 12.2. The topological polar surface area (TPSA) is 77.1 Å². The van der Waals surface area contributed by atoms with Crippen molar-refractivity contribution in [3.63, 3.8) is 0 Å². The normalized spacial score (nSPS) is 14.1. The fourth-order valence-electron chi connectivity index (χ4n) is 3.23. The number of piperidine rings is 1. The first-order valence-electron chi connectivity index (χ1n) is 10.3. The predicted octanol–water partition coefficient (Wildman–Crippen LogP) is 3.49. The van der Waals surface area contributed by atoms with E-state index in [1.165, 1.54) is 0 Å². The average Bonchev–Trinajstić information content (AvgIpc) is 2.78. The van der Waals surface area contributed by atoms with Crippen molar-refractivity contribution in [3.05, 3.63) is 54.6 Å². The molecule has 1 aliphatic heterocycles. The van der Waals surface area contributed by atoms with Crippen LogP contribution in [0.25, 0.3) is 0 Å². The molecule has 1 fully saturated rings. The van der Waals surface area contributed by atoms with Gasteiger partial charge in [0.15, 0.2) is 6.61 Å². The molecule has 7 nitrogen and oxygen atoms in total. The van der Waals surface area contributed by atoms with E-state index in [2.05, 4.69) is 5.32 Å². The molecule has 1 N–H and O–H groups in total. The lowest BCUT2D eigenvalue weighted by Gasteiger charge is -2.31. The first-order valence-corrected chi connectivity index (χ1v) is 10.3. The molecule has 0 saturated carbocycles. The number of carbonyl (C=O) groups excluding carboxylic acids is 2.